The molecule has 1 saturated heterocycles. The maximum absolute atomic E-state index is 11.9. The Balaban J connectivity index is 2.63. The second-order valence-corrected chi connectivity index (χ2v) is 6.32. The molecule has 0 aromatic carbocycles. The Morgan fingerprint density at radius 2 is 2.11 bits per heavy atom. The van der Waals surface area contributed by atoms with Gasteiger partial charge in [0.1, 0.15) is 0 Å². The van der Waals surface area contributed by atoms with Crippen LogP contribution in [-0.4, -0.2) is 56.4 Å². The van der Waals surface area contributed by atoms with Crippen LogP contribution in [0.1, 0.15) is 6.42 Å². The third-order valence-corrected chi connectivity index (χ3v) is 4.48. The molecule has 6 heteroatoms. The number of terminal acetylenes is 2. The van der Waals surface area contributed by atoms with Gasteiger partial charge in [0.15, 0.2) is 9.84 Å². The fourth-order valence-corrected chi connectivity index (χ4v) is 3.61. The van der Waals surface area contributed by atoms with E-state index >= 15 is 0 Å². The highest BCUT2D eigenvalue weighted by Gasteiger charge is 2.33. The summed E-state index contributed by atoms with van der Waals surface area (Å²) in [5.74, 6) is 4.64. The molecule has 0 aromatic rings. The molecule has 1 atom stereocenters. The molecule has 0 aromatic heterocycles. The van der Waals surface area contributed by atoms with Gasteiger partial charge in [-0.2, -0.15) is 0 Å². The summed E-state index contributed by atoms with van der Waals surface area (Å²) in [5, 5.41) is 2.77. The van der Waals surface area contributed by atoms with E-state index in [1.165, 1.54) is 4.90 Å². The first kappa shape index (κ1) is 14.6. The van der Waals surface area contributed by atoms with Crippen molar-refractivity contribution >= 4 is 15.7 Å². The molecule has 1 aliphatic heterocycles. The molecule has 98 valence electrons. The molecule has 0 radical (unpaired) electrons. The predicted octanol–water partition coefficient (Wildman–Crippen LogP) is -1.14. The number of sulfone groups is 1. The summed E-state index contributed by atoms with van der Waals surface area (Å²) in [6.45, 7) is 0.484. The van der Waals surface area contributed by atoms with E-state index in [0.29, 0.717) is 13.0 Å². The number of carbonyl (C=O) groups is 1. The zero-order valence-electron chi connectivity index (χ0n) is 10.1. The number of hydrogen-bond donors (Lipinski definition) is 1. The number of nitrogens with zero attached hydrogens (tertiary/aromatic N) is 1. The van der Waals surface area contributed by atoms with Crippen LogP contribution in [0.25, 0.3) is 0 Å². The van der Waals surface area contributed by atoms with E-state index in [0.717, 1.165) is 0 Å². The van der Waals surface area contributed by atoms with Crippen molar-refractivity contribution in [2.75, 3.05) is 31.1 Å². The van der Waals surface area contributed by atoms with E-state index in [-0.39, 0.29) is 36.5 Å². The van der Waals surface area contributed by atoms with Crippen molar-refractivity contribution < 1.29 is 13.2 Å². The SMILES string of the molecule is C#CCNCC(=O)N(CC#C)C1CCS(=O)(=O)C1. The standard InChI is InChI=1S/C12H16N2O3S/c1-3-6-13-9-12(15)14(7-4-2)11-5-8-18(16,17)10-11/h1-2,11,13H,5-10H2. The number of hydrogen-bond acceptors (Lipinski definition) is 4. The minimum atomic E-state index is -3.03. The maximum Gasteiger partial charge on any atom is 0.237 e. The van der Waals surface area contributed by atoms with Gasteiger partial charge in [0.2, 0.25) is 5.91 Å². The molecule has 1 rings (SSSR count). The summed E-state index contributed by atoms with van der Waals surface area (Å²) in [7, 11) is -3.03. The van der Waals surface area contributed by atoms with Crippen molar-refractivity contribution in [1.82, 2.24) is 10.2 Å². The van der Waals surface area contributed by atoms with Crippen molar-refractivity contribution in [3.63, 3.8) is 0 Å². The fraction of sp³-hybridized carbons (Fsp3) is 0.583. The average Bonchev–Trinajstić information content (AvgIpc) is 2.66. The molecule has 0 saturated carbocycles. The quantitative estimate of drug-likeness (QED) is 0.505. The van der Waals surface area contributed by atoms with Gasteiger partial charge in [-0.1, -0.05) is 11.8 Å². The summed E-state index contributed by atoms with van der Waals surface area (Å²) < 4.78 is 22.8. The Morgan fingerprint density at radius 3 is 2.61 bits per heavy atom. The molecule has 0 aliphatic carbocycles. The third kappa shape index (κ3) is 4.06. The van der Waals surface area contributed by atoms with Crippen LogP contribution >= 0.6 is 0 Å². The normalized spacial score (nSPS) is 20.9. The maximum atomic E-state index is 11.9. The van der Waals surface area contributed by atoms with E-state index in [9.17, 15) is 13.2 Å². The highest BCUT2D eigenvalue weighted by Crippen LogP contribution is 2.17. The van der Waals surface area contributed by atoms with Crippen LogP contribution in [0.15, 0.2) is 0 Å². The van der Waals surface area contributed by atoms with E-state index in [1.54, 1.807) is 0 Å². The molecule has 0 bridgehead atoms. The largest absolute Gasteiger partial charge is 0.326 e. The topological polar surface area (TPSA) is 66.5 Å². The van der Waals surface area contributed by atoms with E-state index in [1.807, 2.05) is 0 Å². The first-order valence-corrected chi connectivity index (χ1v) is 7.40. The molecule has 5 nitrogen and oxygen atoms in total. The van der Waals surface area contributed by atoms with Crippen molar-refractivity contribution in [2.45, 2.75) is 12.5 Å². The molecule has 1 unspecified atom stereocenters. The number of nitrogens with one attached hydrogen (secondary N) is 1. The van der Waals surface area contributed by atoms with Crippen molar-refractivity contribution in [1.29, 1.82) is 0 Å². The molecule has 1 heterocycles. The lowest BCUT2D eigenvalue weighted by molar-refractivity contribution is -0.131. The Hall–Kier alpha value is -1.50. The fourth-order valence-electron chi connectivity index (χ4n) is 1.88. The predicted molar refractivity (Wildman–Crippen MR) is 69.3 cm³/mol. The summed E-state index contributed by atoms with van der Waals surface area (Å²) in [5.41, 5.74) is 0. The minimum Gasteiger partial charge on any atom is -0.326 e. The van der Waals surface area contributed by atoms with Gasteiger partial charge < -0.3 is 4.90 Å². The van der Waals surface area contributed by atoms with Gasteiger partial charge in [-0.15, -0.1) is 12.8 Å². The van der Waals surface area contributed by atoms with Gasteiger partial charge in [-0.05, 0) is 6.42 Å². The summed E-state index contributed by atoms with van der Waals surface area (Å²) in [4.78, 5) is 13.3. The van der Waals surface area contributed by atoms with E-state index < -0.39 is 9.84 Å². The second-order valence-electron chi connectivity index (χ2n) is 4.09. The molecule has 18 heavy (non-hydrogen) atoms. The van der Waals surface area contributed by atoms with Gasteiger partial charge in [-0.25, -0.2) is 8.42 Å². The molecule has 1 fully saturated rings. The minimum absolute atomic E-state index is 0.00441. The number of rotatable bonds is 5. The number of carbonyl (C=O) groups excluding carboxylic acids is 1. The van der Waals surface area contributed by atoms with Crippen LogP contribution in [0.2, 0.25) is 0 Å². The van der Waals surface area contributed by atoms with Gasteiger partial charge in [0, 0.05) is 6.04 Å². The first-order valence-electron chi connectivity index (χ1n) is 5.57. The Kier molecular flexibility index (Phi) is 5.21. The lowest BCUT2D eigenvalue weighted by Crippen LogP contribution is -2.45. The van der Waals surface area contributed by atoms with Crippen molar-refractivity contribution in [2.24, 2.45) is 0 Å². The van der Waals surface area contributed by atoms with Crippen LogP contribution in [0, 0.1) is 24.7 Å². The zero-order valence-corrected chi connectivity index (χ0v) is 10.9. The highest BCUT2D eigenvalue weighted by atomic mass is 32.2. The summed E-state index contributed by atoms with van der Waals surface area (Å²) >= 11 is 0. The van der Waals surface area contributed by atoms with Crippen molar-refractivity contribution in [3.05, 3.63) is 0 Å². The molecule has 1 aliphatic rings. The summed E-state index contributed by atoms with van der Waals surface area (Å²) in [6.07, 6.45) is 10.7. The van der Waals surface area contributed by atoms with Gasteiger partial charge in [-0.3, -0.25) is 10.1 Å². The second kappa shape index (κ2) is 6.44. The highest BCUT2D eigenvalue weighted by molar-refractivity contribution is 7.91. The zero-order chi connectivity index (χ0) is 13.6. The van der Waals surface area contributed by atoms with Gasteiger partial charge in [0.05, 0.1) is 31.1 Å². The lowest BCUT2D eigenvalue weighted by atomic mass is 10.2. The van der Waals surface area contributed by atoms with Crippen molar-refractivity contribution in [3.8, 4) is 24.7 Å². The monoisotopic (exact) mass is 268 g/mol. The van der Waals surface area contributed by atoms with E-state index in [4.69, 9.17) is 12.8 Å². The molecule has 1 N–H and O–H groups in total. The number of amides is 1. The molecular formula is C12H16N2O3S. The molecule has 1 amide bonds. The van der Waals surface area contributed by atoms with Gasteiger partial charge >= 0.3 is 0 Å². The Bertz CT molecular complexity index is 484. The Morgan fingerprint density at radius 1 is 1.39 bits per heavy atom. The Labute approximate surface area is 108 Å². The van der Waals surface area contributed by atoms with Crippen LogP contribution in [0.4, 0.5) is 0 Å². The van der Waals surface area contributed by atoms with Crippen LogP contribution in [0.5, 0.6) is 0 Å². The smallest absolute Gasteiger partial charge is 0.237 e. The molecular weight excluding hydrogens is 252 g/mol. The van der Waals surface area contributed by atoms with Crippen LogP contribution in [-0.2, 0) is 14.6 Å². The van der Waals surface area contributed by atoms with Crippen LogP contribution < -0.4 is 5.32 Å². The van der Waals surface area contributed by atoms with E-state index in [2.05, 4.69) is 17.2 Å². The van der Waals surface area contributed by atoms with Gasteiger partial charge in [0.25, 0.3) is 0 Å². The third-order valence-electron chi connectivity index (χ3n) is 2.73. The van der Waals surface area contributed by atoms with Crippen LogP contribution in [0.3, 0.4) is 0 Å². The summed E-state index contributed by atoms with van der Waals surface area (Å²) in [6, 6.07) is -0.314. The molecule has 0 spiro atoms. The average molecular weight is 268 g/mol. The lowest BCUT2D eigenvalue weighted by Gasteiger charge is -2.26. The first-order chi connectivity index (χ1) is 8.50.